The summed E-state index contributed by atoms with van der Waals surface area (Å²) in [5.74, 6) is -1.36. The molecule has 5 nitrogen and oxygen atoms in total. The standard InChI is InChI=1S/C28H29Cl2FN2O3/c1-3-19(2)32-28(35)25(16-20-9-5-4-6-10-20)33(17-21-13-14-22(29)23(30)15-21)27(34)18-36-26-12-8-7-11-24(26)31/h4-15,19,25H,3,16-18H2,1-2H3,(H,32,35). The first-order valence-electron chi connectivity index (χ1n) is 11.7. The normalized spacial score (nSPS) is 12.5. The molecule has 0 aromatic heterocycles. The van der Waals surface area contributed by atoms with E-state index in [0.29, 0.717) is 15.6 Å². The first-order chi connectivity index (χ1) is 17.3. The summed E-state index contributed by atoms with van der Waals surface area (Å²) >= 11 is 12.3. The highest BCUT2D eigenvalue weighted by Crippen LogP contribution is 2.24. The molecule has 3 aromatic rings. The summed E-state index contributed by atoms with van der Waals surface area (Å²) in [5, 5.41) is 3.72. The van der Waals surface area contributed by atoms with Gasteiger partial charge in [0, 0.05) is 19.0 Å². The van der Waals surface area contributed by atoms with Gasteiger partial charge in [-0.2, -0.15) is 0 Å². The van der Waals surface area contributed by atoms with Crippen molar-refractivity contribution in [3.05, 3.63) is 99.8 Å². The van der Waals surface area contributed by atoms with Gasteiger partial charge in [0.2, 0.25) is 5.91 Å². The quantitative estimate of drug-likeness (QED) is 0.327. The highest BCUT2D eigenvalue weighted by Gasteiger charge is 2.31. The van der Waals surface area contributed by atoms with Crippen LogP contribution in [0.3, 0.4) is 0 Å². The first kappa shape index (κ1) is 27.5. The van der Waals surface area contributed by atoms with Crippen LogP contribution in [0.25, 0.3) is 0 Å². The van der Waals surface area contributed by atoms with Gasteiger partial charge in [-0.25, -0.2) is 4.39 Å². The van der Waals surface area contributed by atoms with Crippen molar-refractivity contribution in [3.63, 3.8) is 0 Å². The summed E-state index contributed by atoms with van der Waals surface area (Å²) in [6.45, 7) is 3.52. The van der Waals surface area contributed by atoms with Gasteiger partial charge in [0.1, 0.15) is 6.04 Å². The Balaban J connectivity index is 1.94. The van der Waals surface area contributed by atoms with Gasteiger partial charge in [-0.1, -0.05) is 78.7 Å². The Morgan fingerprint density at radius 2 is 1.67 bits per heavy atom. The monoisotopic (exact) mass is 530 g/mol. The molecule has 36 heavy (non-hydrogen) atoms. The smallest absolute Gasteiger partial charge is 0.261 e. The second-order valence-corrected chi connectivity index (χ2v) is 9.33. The van der Waals surface area contributed by atoms with Gasteiger partial charge in [0.25, 0.3) is 5.91 Å². The molecule has 0 aliphatic rings. The van der Waals surface area contributed by atoms with Crippen LogP contribution >= 0.6 is 23.2 Å². The van der Waals surface area contributed by atoms with Crippen molar-refractivity contribution < 1.29 is 18.7 Å². The Hall–Kier alpha value is -3.09. The van der Waals surface area contributed by atoms with Gasteiger partial charge >= 0.3 is 0 Å². The molecule has 0 saturated heterocycles. The zero-order chi connectivity index (χ0) is 26.1. The number of nitrogens with zero attached hydrogens (tertiary/aromatic N) is 1. The van der Waals surface area contributed by atoms with E-state index in [0.717, 1.165) is 12.0 Å². The van der Waals surface area contributed by atoms with Crippen molar-refractivity contribution in [2.75, 3.05) is 6.61 Å². The highest BCUT2D eigenvalue weighted by atomic mass is 35.5. The van der Waals surface area contributed by atoms with Gasteiger partial charge in [0.15, 0.2) is 18.2 Å². The maximum absolute atomic E-state index is 14.1. The van der Waals surface area contributed by atoms with Crippen LogP contribution < -0.4 is 10.1 Å². The fraction of sp³-hybridized carbons (Fsp3) is 0.286. The van der Waals surface area contributed by atoms with Crippen LogP contribution in [0, 0.1) is 5.82 Å². The Bertz CT molecular complexity index is 1180. The van der Waals surface area contributed by atoms with Gasteiger partial charge in [-0.15, -0.1) is 0 Å². The summed E-state index contributed by atoms with van der Waals surface area (Å²) in [5.41, 5.74) is 1.59. The Morgan fingerprint density at radius 1 is 0.972 bits per heavy atom. The maximum atomic E-state index is 14.1. The van der Waals surface area contributed by atoms with Crippen molar-refractivity contribution in [1.82, 2.24) is 10.2 Å². The second-order valence-electron chi connectivity index (χ2n) is 8.51. The van der Waals surface area contributed by atoms with E-state index < -0.39 is 24.4 Å². The lowest BCUT2D eigenvalue weighted by Gasteiger charge is -2.32. The number of para-hydroxylation sites is 1. The third-order valence-electron chi connectivity index (χ3n) is 5.80. The molecule has 0 saturated carbocycles. The number of amides is 2. The van der Waals surface area contributed by atoms with Crippen LogP contribution in [-0.2, 0) is 22.6 Å². The van der Waals surface area contributed by atoms with Crippen molar-refractivity contribution >= 4 is 35.0 Å². The molecule has 2 amide bonds. The molecule has 2 atom stereocenters. The Labute approximate surface area is 221 Å². The van der Waals surface area contributed by atoms with Gasteiger partial charge in [0.05, 0.1) is 10.0 Å². The predicted molar refractivity (Wildman–Crippen MR) is 141 cm³/mol. The van der Waals surface area contributed by atoms with Crippen LogP contribution in [0.1, 0.15) is 31.4 Å². The number of hydrogen-bond acceptors (Lipinski definition) is 3. The summed E-state index contributed by atoms with van der Waals surface area (Å²) in [7, 11) is 0. The first-order valence-corrected chi connectivity index (χ1v) is 12.5. The number of nitrogens with one attached hydrogen (secondary N) is 1. The average Bonchev–Trinajstić information content (AvgIpc) is 2.88. The van der Waals surface area contributed by atoms with Crippen LogP contribution in [0.2, 0.25) is 10.0 Å². The molecule has 3 aromatic carbocycles. The summed E-state index contributed by atoms with van der Waals surface area (Å²) < 4.78 is 19.6. The molecular weight excluding hydrogens is 502 g/mol. The molecule has 0 spiro atoms. The van der Waals surface area contributed by atoms with Crippen molar-refractivity contribution in [2.45, 2.75) is 45.3 Å². The topological polar surface area (TPSA) is 58.6 Å². The zero-order valence-corrected chi connectivity index (χ0v) is 21.7. The van der Waals surface area contributed by atoms with Crippen LogP contribution in [0.4, 0.5) is 4.39 Å². The van der Waals surface area contributed by atoms with Crippen molar-refractivity contribution in [1.29, 1.82) is 0 Å². The minimum absolute atomic E-state index is 0.0380. The molecule has 190 valence electrons. The van der Waals surface area contributed by atoms with E-state index >= 15 is 0 Å². The Kier molecular flexibility index (Phi) is 10.1. The summed E-state index contributed by atoms with van der Waals surface area (Å²) in [6, 6.07) is 19.4. The molecule has 2 unspecified atom stereocenters. The number of carbonyl (C=O) groups excluding carboxylic acids is 2. The maximum Gasteiger partial charge on any atom is 0.261 e. The molecule has 0 bridgehead atoms. The SMILES string of the molecule is CCC(C)NC(=O)C(Cc1ccccc1)N(Cc1ccc(Cl)c(Cl)c1)C(=O)COc1ccccc1F. The molecule has 0 fully saturated rings. The highest BCUT2D eigenvalue weighted by molar-refractivity contribution is 6.42. The number of carbonyl (C=O) groups is 2. The lowest BCUT2D eigenvalue weighted by Crippen LogP contribution is -2.53. The molecule has 1 N–H and O–H groups in total. The third-order valence-corrected chi connectivity index (χ3v) is 6.54. The van der Waals surface area contributed by atoms with Crippen molar-refractivity contribution in [3.8, 4) is 5.75 Å². The second kappa shape index (κ2) is 13.3. The van der Waals surface area contributed by atoms with Gasteiger partial charge in [-0.05, 0) is 48.7 Å². The minimum atomic E-state index is -0.840. The Morgan fingerprint density at radius 3 is 2.33 bits per heavy atom. The van der Waals surface area contributed by atoms with Crippen LogP contribution in [0.5, 0.6) is 5.75 Å². The van der Waals surface area contributed by atoms with E-state index in [4.69, 9.17) is 27.9 Å². The van der Waals surface area contributed by atoms with E-state index in [1.54, 1.807) is 24.3 Å². The van der Waals surface area contributed by atoms with Crippen LogP contribution in [-0.4, -0.2) is 35.4 Å². The van der Waals surface area contributed by atoms with E-state index in [1.807, 2.05) is 44.2 Å². The lowest BCUT2D eigenvalue weighted by molar-refractivity contribution is -0.143. The van der Waals surface area contributed by atoms with E-state index in [1.165, 1.54) is 23.1 Å². The number of halogens is 3. The number of rotatable bonds is 11. The number of hydrogen-bond donors (Lipinski definition) is 1. The number of ether oxygens (including phenoxy) is 1. The fourth-order valence-corrected chi connectivity index (χ4v) is 3.93. The van der Waals surface area contributed by atoms with Crippen molar-refractivity contribution in [2.24, 2.45) is 0 Å². The summed E-state index contributed by atoms with van der Waals surface area (Å²) in [6.07, 6.45) is 1.02. The third kappa shape index (κ3) is 7.70. The summed E-state index contributed by atoms with van der Waals surface area (Å²) in [4.78, 5) is 28.4. The van der Waals surface area contributed by atoms with Gasteiger partial charge in [-0.3, -0.25) is 9.59 Å². The van der Waals surface area contributed by atoms with Gasteiger partial charge < -0.3 is 15.0 Å². The molecule has 0 aliphatic carbocycles. The predicted octanol–water partition coefficient (Wildman–Crippen LogP) is 6.07. The molecule has 0 heterocycles. The van der Waals surface area contributed by atoms with E-state index in [-0.39, 0.29) is 30.7 Å². The molecule has 0 aliphatic heterocycles. The molecule has 8 heteroatoms. The lowest BCUT2D eigenvalue weighted by atomic mass is 10.0. The zero-order valence-electron chi connectivity index (χ0n) is 20.2. The fourth-order valence-electron chi connectivity index (χ4n) is 3.61. The molecule has 0 radical (unpaired) electrons. The average molecular weight is 531 g/mol. The molecule has 3 rings (SSSR count). The van der Waals surface area contributed by atoms with E-state index in [2.05, 4.69) is 5.32 Å². The largest absolute Gasteiger partial charge is 0.481 e. The van der Waals surface area contributed by atoms with Crippen LogP contribution in [0.15, 0.2) is 72.8 Å². The number of benzene rings is 3. The minimum Gasteiger partial charge on any atom is -0.481 e. The van der Waals surface area contributed by atoms with E-state index in [9.17, 15) is 14.0 Å². The molecular formula is C28H29Cl2FN2O3.